The number of nitrogens with zero attached hydrogens (tertiary/aromatic N) is 3. The van der Waals surface area contributed by atoms with Gasteiger partial charge in [-0.2, -0.15) is 0 Å². The molecule has 82 valence electrons. The number of likely N-dealkylation sites (N-methyl/N-ethyl adjacent to an activating group) is 1. The Balaban J connectivity index is 2.19. The topological polar surface area (TPSA) is 41.0 Å². The number of nitrogens with one attached hydrogen (secondary N) is 1. The second kappa shape index (κ2) is 4.77. The van der Waals surface area contributed by atoms with Crippen molar-refractivity contribution in [3.63, 3.8) is 0 Å². The zero-order chi connectivity index (χ0) is 10.7. The van der Waals surface area contributed by atoms with Crippen molar-refractivity contribution in [1.29, 1.82) is 0 Å². The highest BCUT2D eigenvalue weighted by atomic mass is 35.5. The molecule has 0 aromatic carbocycles. The van der Waals surface area contributed by atoms with E-state index in [9.17, 15) is 0 Å². The number of hydrogen-bond donors (Lipinski definition) is 1. The van der Waals surface area contributed by atoms with E-state index in [2.05, 4.69) is 20.2 Å². The Morgan fingerprint density at radius 1 is 1.67 bits per heavy atom. The van der Waals surface area contributed by atoms with Crippen molar-refractivity contribution in [3.8, 4) is 0 Å². The van der Waals surface area contributed by atoms with Crippen LogP contribution in [0.5, 0.6) is 0 Å². The molecule has 0 bridgehead atoms. The summed E-state index contributed by atoms with van der Waals surface area (Å²) in [4.78, 5) is 10.4. The first-order valence-corrected chi connectivity index (χ1v) is 5.57. The number of halogens is 1. The third kappa shape index (κ3) is 2.21. The maximum absolute atomic E-state index is 6.08. The molecule has 5 heteroatoms. The maximum Gasteiger partial charge on any atom is 0.151 e. The van der Waals surface area contributed by atoms with Crippen LogP contribution in [0.4, 0.5) is 5.82 Å². The molecule has 1 saturated heterocycles. The summed E-state index contributed by atoms with van der Waals surface area (Å²) in [6, 6.07) is 0.502. The Hall–Kier alpha value is -0.870. The van der Waals surface area contributed by atoms with E-state index < -0.39 is 0 Å². The molecule has 4 nitrogen and oxygen atoms in total. The molecular formula is C10H15ClN4. The van der Waals surface area contributed by atoms with Crippen molar-refractivity contribution in [2.45, 2.75) is 18.9 Å². The molecule has 0 spiro atoms. The minimum atomic E-state index is 0.502. The Kier molecular flexibility index (Phi) is 3.38. The van der Waals surface area contributed by atoms with E-state index in [4.69, 9.17) is 11.6 Å². The molecule has 0 saturated carbocycles. The van der Waals surface area contributed by atoms with E-state index in [1.54, 1.807) is 12.5 Å². The van der Waals surface area contributed by atoms with E-state index in [0.29, 0.717) is 11.1 Å². The van der Waals surface area contributed by atoms with Crippen molar-refractivity contribution in [1.82, 2.24) is 15.3 Å². The zero-order valence-electron chi connectivity index (χ0n) is 8.78. The van der Waals surface area contributed by atoms with Gasteiger partial charge in [0, 0.05) is 19.1 Å². The normalized spacial score (nSPS) is 20.9. The molecule has 1 unspecified atom stereocenters. The summed E-state index contributed by atoms with van der Waals surface area (Å²) in [5.41, 5.74) is 0. The fraction of sp³-hybridized carbons (Fsp3) is 0.600. The third-order valence-corrected chi connectivity index (χ3v) is 3.00. The van der Waals surface area contributed by atoms with Gasteiger partial charge in [-0.3, -0.25) is 0 Å². The molecule has 0 amide bonds. The Bertz CT molecular complexity index is 331. The van der Waals surface area contributed by atoms with Gasteiger partial charge in [-0.1, -0.05) is 11.6 Å². The van der Waals surface area contributed by atoms with Crippen molar-refractivity contribution in [3.05, 3.63) is 17.5 Å². The first kappa shape index (κ1) is 10.6. The molecular weight excluding hydrogens is 212 g/mol. The Morgan fingerprint density at radius 2 is 2.53 bits per heavy atom. The van der Waals surface area contributed by atoms with E-state index in [1.807, 2.05) is 7.05 Å². The van der Waals surface area contributed by atoms with Gasteiger partial charge in [-0.25, -0.2) is 9.97 Å². The standard InChI is InChI=1S/C10H15ClN4/c1-12-5-8-3-2-4-15(8)10-9(11)6-13-7-14-10/h6-8,12H,2-5H2,1H3. The van der Waals surface area contributed by atoms with Crippen molar-refractivity contribution >= 4 is 17.4 Å². The molecule has 1 aliphatic heterocycles. The minimum absolute atomic E-state index is 0.502. The molecule has 1 aliphatic rings. The third-order valence-electron chi connectivity index (χ3n) is 2.74. The van der Waals surface area contributed by atoms with Gasteiger partial charge in [-0.15, -0.1) is 0 Å². The summed E-state index contributed by atoms with van der Waals surface area (Å²) < 4.78 is 0. The summed E-state index contributed by atoms with van der Waals surface area (Å²) in [6.07, 6.45) is 5.60. The van der Waals surface area contributed by atoms with Crippen LogP contribution in [-0.4, -0.2) is 36.1 Å². The summed E-state index contributed by atoms with van der Waals surface area (Å²) in [5.74, 6) is 0.865. The van der Waals surface area contributed by atoms with Gasteiger partial charge in [0.1, 0.15) is 11.3 Å². The van der Waals surface area contributed by atoms with Crippen LogP contribution in [0.1, 0.15) is 12.8 Å². The molecule has 0 radical (unpaired) electrons. The van der Waals surface area contributed by atoms with Gasteiger partial charge in [0.2, 0.25) is 0 Å². The number of rotatable bonds is 3. The van der Waals surface area contributed by atoms with E-state index >= 15 is 0 Å². The fourth-order valence-corrected chi connectivity index (χ4v) is 2.29. The van der Waals surface area contributed by atoms with Crippen molar-refractivity contribution in [2.24, 2.45) is 0 Å². The summed E-state index contributed by atoms with van der Waals surface area (Å²) in [7, 11) is 1.97. The van der Waals surface area contributed by atoms with Gasteiger partial charge in [0.05, 0.1) is 6.20 Å². The zero-order valence-corrected chi connectivity index (χ0v) is 9.54. The van der Waals surface area contributed by atoms with E-state index in [1.165, 1.54) is 12.8 Å². The second-order valence-corrected chi connectivity index (χ2v) is 4.15. The number of aromatic nitrogens is 2. The van der Waals surface area contributed by atoms with Crippen LogP contribution in [-0.2, 0) is 0 Å². The Morgan fingerprint density at radius 3 is 3.27 bits per heavy atom. The molecule has 2 rings (SSSR count). The predicted molar refractivity (Wildman–Crippen MR) is 61.3 cm³/mol. The van der Waals surface area contributed by atoms with Crippen molar-refractivity contribution in [2.75, 3.05) is 25.0 Å². The highest BCUT2D eigenvalue weighted by Crippen LogP contribution is 2.28. The molecule has 15 heavy (non-hydrogen) atoms. The monoisotopic (exact) mass is 226 g/mol. The van der Waals surface area contributed by atoms with Gasteiger partial charge in [-0.05, 0) is 19.9 Å². The molecule has 1 aromatic heterocycles. The van der Waals surface area contributed by atoms with Crippen LogP contribution < -0.4 is 10.2 Å². The maximum atomic E-state index is 6.08. The van der Waals surface area contributed by atoms with Crippen LogP contribution >= 0.6 is 11.6 Å². The summed E-state index contributed by atoms with van der Waals surface area (Å²) in [6.45, 7) is 2.00. The summed E-state index contributed by atoms with van der Waals surface area (Å²) in [5, 5.41) is 3.84. The van der Waals surface area contributed by atoms with Crippen LogP contribution in [0, 0.1) is 0 Å². The average Bonchev–Trinajstić information content (AvgIpc) is 2.67. The minimum Gasteiger partial charge on any atom is -0.351 e. The lowest BCUT2D eigenvalue weighted by molar-refractivity contribution is 0.611. The lowest BCUT2D eigenvalue weighted by atomic mass is 10.2. The van der Waals surface area contributed by atoms with Crippen LogP contribution in [0.25, 0.3) is 0 Å². The van der Waals surface area contributed by atoms with Gasteiger partial charge < -0.3 is 10.2 Å². The number of anilines is 1. The smallest absolute Gasteiger partial charge is 0.151 e. The highest BCUT2D eigenvalue weighted by molar-refractivity contribution is 6.32. The molecule has 1 N–H and O–H groups in total. The lowest BCUT2D eigenvalue weighted by Crippen LogP contribution is -2.37. The fourth-order valence-electron chi connectivity index (χ4n) is 2.08. The molecule has 0 aliphatic carbocycles. The van der Waals surface area contributed by atoms with Crippen LogP contribution in [0.15, 0.2) is 12.5 Å². The molecule has 2 heterocycles. The molecule has 1 aromatic rings. The molecule has 1 atom stereocenters. The van der Waals surface area contributed by atoms with Gasteiger partial charge >= 0.3 is 0 Å². The van der Waals surface area contributed by atoms with Gasteiger partial charge in [0.25, 0.3) is 0 Å². The van der Waals surface area contributed by atoms with Crippen LogP contribution in [0.2, 0.25) is 5.02 Å². The van der Waals surface area contributed by atoms with Crippen LogP contribution in [0.3, 0.4) is 0 Å². The van der Waals surface area contributed by atoms with E-state index in [0.717, 1.165) is 18.9 Å². The van der Waals surface area contributed by atoms with Gasteiger partial charge in [0.15, 0.2) is 5.82 Å². The Labute approximate surface area is 94.7 Å². The predicted octanol–water partition coefficient (Wildman–Crippen LogP) is 1.32. The first-order chi connectivity index (χ1) is 7.33. The SMILES string of the molecule is CNCC1CCCN1c1ncncc1Cl. The summed E-state index contributed by atoms with van der Waals surface area (Å²) >= 11 is 6.08. The largest absolute Gasteiger partial charge is 0.351 e. The number of hydrogen-bond acceptors (Lipinski definition) is 4. The highest BCUT2D eigenvalue weighted by Gasteiger charge is 2.26. The molecule has 1 fully saturated rings. The lowest BCUT2D eigenvalue weighted by Gasteiger charge is -2.25. The average molecular weight is 227 g/mol. The van der Waals surface area contributed by atoms with Crippen molar-refractivity contribution < 1.29 is 0 Å². The first-order valence-electron chi connectivity index (χ1n) is 5.19. The second-order valence-electron chi connectivity index (χ2n) is 3.74. The van der Waals surface area contributed by atoms with E-state index in [-0.39, 0.29) is 0 Å². The quantitative estimate of drug-likeness (QED) is 0.844.